The molecule has 0 aliphatic heterocycles. The van der Waals surface area contributed by atoms with Crippen LogP contribution < -0.4 is 11.3 Å². The number of hydrogen-bond acceptors (Lipinski definition) is 0. The Morgan fingerprint density at radius 3 is 2.00 bits per heavy atom. The van der Waals surface area contributed by atoms with Crippen molar-refractivity contribution in [3.05, 3.63) is 0 Å². The maximum Gasteiger partial charge on any atom is 0.265 e. The lowest BCUT2D eigenvalue weighted by molar-refractivity contribution is 0.453. The summed E-state index contributed by atoms with van der Waals surface area (Å²) in [6.45, 7) is 0. The second-order valence-corrected chi connectivity index (χ2v) is 2.76. The first kappa shape index (κ1) is 7.03. The maximum atomic E-state index is 8.44. The van der Waals surface area contributed by atoms with Gasteiger partial charge >= 0.3 is 0 Å². The third-order valence-electron chi connectivity index (χ3n) is 1.99. The lowest BCUT2D eigenvalue weighted by atomic mass is 10.1. The van der Waals surface area contributed by atoms with Crippen LogP contribution >= 0.6 is 0 Å². The average Bonchev–Trinajstić information content (AvgIpc) is 2.13. The summed E-state index contributed by atoms with van der Waals surface area (Å²) in [6.07, 6.45) is 7.33. The van der Waals surface area contributed by atoms with Crippen LogP contribution in [0.1, 0.15) is 38.5 Å². The summed E-state index contributed by atoms with van der Waals surface area (Å²) in [4.78, 5) is 0. The van der Waals surface area contributed by atoms with Crippen LogP contribution in [0.15, 0.2) is 0 Å². The highest BCUT2D eigenvalue weighted by atomic mass is 15.2. The van der Waals surface area contributed by atoms with Crippen molar-refractivity contribution in [2.24, 2.45) is 0 Å². The predicted molar refractivity (Wildman–Crippen MR) is 35.8 cm³/mol. The first-order valence-corrected chi connectivity index (χ1v) is 3.77. The maximum absolute atomic E-state index is 8.44. The standard InChI is InChI=1S/C7H13N2/c8-9-7-5-3-1-2-4-6-7/h7H,1-6H2/q+1. The number of nitrogens with zero attached hydrogens (tertiary/aromatic N) is 2. The Bertz CT molecular complexity index is 65.3. The van der Waals surface area contributed by atoms with E-state index in [-0.39, 0.29) is 6.04 Å². The molecule has 0 aromatic heterocycles. The van der Waals surface area contributed by atoms with Crippen LogP contribution in [-0.2, 0) is 0 Å². The van der Waals surface area contributed by atoms with Crippen molar-refractivity contribution in [1.29, 1.82) is 0 Å². The first-order valence-electron chi connectivity index (χ1n) is 3.77. The van der Waals surface area contributed by atoms with Crippen LogP contribution in [0.25, 0.3) is 0 Å². The van der Waals surface area contributed by atoms with Gasteiger partial charge in [-0.1, -0.05) is 12.8 Å². The van der Waals surface area contributed by atoms with E-state index < -0.39 is 0 Å². The molecule has 2 nitrogen and oxygen atoms in total. The Labute approximate surface area is 56.8 Å². The van der Waals surface area contributed by atoms with Gasteiger partial charge in [-0.3, -0.25) is 0 Å². The molecule has 0 spiro atoms. The fraction of sp³-hybridized carbons (Fsp3) is 1.00. The zero-order chi connectivity index (χ0) is 6.53. The van der Waals surface area contributed by atoms with Gasteiger partial charge in [0.15, 0.2) is 0 Å². The number of rotatable bonds is 1. The highest BCUT2D eigenvalue weighted by Crippen LogP contribution is 2.16. The monoisotopic (exact) mass is 125 g/mol. The SMILES string of the molecule is [N][N+]C1CCCCCC1. The fourth-order valence-corrected chi connectivity index (χ4v) is 1.37. The van der Waals surface area contributed by atoms with Gasteiger partial charge in [0.2, 0.25) is 11.5 Å². The topological polar surface area (TPSA) is 36.4 Å². The van der Waals surface area contributed by atoms with Crippen LogP contribution in [0.5, 0.6) is 0 Å². The number of hydrogen-bond donors (Lipinski definition) is 0. The van der Waals surface area contributed by atoms with Gasteiger partial charge in [0.05, 0.1) is 0 Å². The van der Waals surface area contributed by atoms with Gasteiger partial charge in [0, 0.05) is 12.8 Å². The second-order valence-electron chi connectivity index (χ2n) is 2.76. The van der Waals surface area contributed by atoms with Gasteiger partial charge in [0.25, 0.3) is 5.84 Å². The van der Waals surface area contributed by atoms with E-state index in [1.807, 2.05) is 0 Å². The Hall–Kier alpha value is -0.0800. The Morgan fingerprint density at radius 2 is 1.56 bits per heavy atom. The summed E-state index contributed by atoms with van der Waals surface area (Å²) >= 11 is 0. The quantitative estimate of drug-likeness (QED) is 0.374. The Balaban J connectivity index is 2.18. The molecule has 0 aromatic carbocycles. The van der Waals surface area contributed by atoms with E-state index >= 15 is 0 Å². The molecule has 4 radical (unpaired) electrons. The zero-order valence-electron chi connectivity index (χ0n) is 5.71. The molecule has 2 heteroatoms. The molecule has 0 unspecified atom stereocenters. The minimum atomic E-state index is 0.257. The summed E-state index contributed by atoms with van der Waals surface area (Å²) < 4.78 is 0. The van der Waals surface area contributed by atoms with E-state index in [0.29, 0.717) is 0 Å². The van der Waals surface area contributed by atoms with Crippen molar-refractivity contribution in [2.75, 3.05) is 0 Å². The van der Waals surface area contributed by atoms with E-state index in [4.69, 9.17) is 5.84 Å². The molecule has 1 aliphatic carbocycles. The molecule has 1 fully saturated rings. The summed E-state index contributed by atoms with van der Waals surface area (Å²) in [5.74, 6) is 8.44. The van der Waals surface area contributed by atoms with Gasteiger partial charge in [-0.05, 0) is 12.8 Å². The minimum Gasteiger partial charge on any atom is -0.0531 e. The molecule has 1 rings (SSSR count). The van der Waals surface area contributed by atoms with Gasteiger partial charge in [-0.25, -0.2) is 0 Å². The molecular formula is C7H13N2+. The predicted octanol–water partition coefficient (Wildman–Crippen LogP) is 1.30. The van der Waals surface area contributed by atoms with Crippen molar-refractivity contribution in [2.45, 2.75) is 44.6 Å². The second kappa shape index (κ2) is 3.85. The van der Waals surface area contributed by atoms with Crippen molar-refractivity contribution in [1.82, 2.24) is 11.3 Å². The molecular weight excluding hydrogens is 112 g/mol. The summed E-state index contributed by atoms with van der Waals surface area (Å²) in [7, 11) is 0. The highest BCUT2D eigenvalue weighted by molar-refractivity contribution is 4.66. The molecule has 0 saturated heterocycles. The summed E-state index contributed by atoms with van der Waals surface area (Å²) in [6, 6.07) is 0.257. The molecule has 0 bridgehead atoms. The Morgan fingerprint density at radius 1 is 1.00 bits per heavy atom. The first-order chi connectivity index (χ1) is 4.43. The lowest BCUT2D eigenvalue weighted by Crippen LogP contribution is -2.19. The van der Waals surface area contributed by atoms with Gasteiger partial charge in [-0.2, -0.15) is 0 Å². The van der Waals surface area contributed by atoms with Crippen molar-refractivity contribution >= 4 is 0 Å². The highest BCUT2D eigenvalue weighted by Gasteiger charge is 2.22. The van der Waals surface area contributed by atoms with E-state index in [0.717, 1.165) is 12.8 Å². The smallest absolute Gasteiger partial charge is 0.0531 e. The molecule has 0 N–H and O–H groups in total. The lowest BCUT2D eigenvalue weighted by Gasteiger charge is -1.92. The van der Waals surface area contributed by atoms with Gasteiger partial charge in [-0.15, -0.1) is 0 Å². The average molecular weight is 125 g/mol. The molecule has 1 saturated carbocycles. The van der Waals surface area contributed by atoms with Crippen molar-refractivity contribution in [3.8, 4) is 0 Å². The van der Waals surface area contributed by atoms with Crippen LogP contribution in [0.3, 0.4) is 0 Å². The van der Waals surface area contributed by atoms with Crippen molar-refractivity contribution < 1.29 is 0 Å². The summed E-state index contributed by atoms with van der Waals surface area (Å²) in [5, 5.41) is 0. The molecule has 0 amide bonds. The van der Waals surface area contributed by atoms with E-state index in [1.54, 1.807) is 0 Å². The van der Waals surface area contributed by atoms with Crippen LogP contribution in [0.2, 0.25) is 0 Å². The molecule has 0 heterocycles. The third-order valence-corrected chi connectivity index (χ3v) is 1.99. The molecule has 9 heavy (non-hydrogen) atoms. The summed E-state index contributed by atoms with van der Waals surface area (Å²) in [5.41, 5.74) is 3.31. The molecule has 0 atom stereocenters. The Kier molecular flexibility index (Phi) is 3.01. The van der Waals surface area contributed by atoms with Crippen LogP contribution in [-0.4, -0.2) is 6.04 Å². The molecule has 0 aromatic rings. The third kappa shape index (κ3) is 2.33. The van der Waals surface area contributed by atoms with E-state index in [2.05, 4.69) is 5.43 Å². The van der Waals surface area contributed by atoms with E-state index in [1.165, 1.54) is 25.7 Å². The fourth-order valence-electron chi connectivity index (χ4n) is 1.37. The van der Waals surface area contributed by atoms with Gasteiger partial charge in [0.1, 0.15) is 0 Å². The minimum absolute atomic E-state index is 0.257. The largest absolute Gasteiger partial charge is 0.265 e. The molecule has 50 valence electrons. The normalized spacial score (nSPS) is 23.7. The van der Waals surface area contributed by atoms with Crippen LogP contribution in [0.4, 0.5) is 0 Å². The van der Waals surface area contributed by atoms with Gasteiger partial charge < -0.3 is 0 Å². The molecule has 1 aliphatic rings. The van der Waals surface area contributed by atoms with E-state index in [9.17, 15) is 0 Å². The zero-order valence-corrected chi connectivity index (χ0v) is 5.71. The van der Waals surface area contributed by atoms with Crippen molar-refractivity contribution in [3.63, 3.8) is 0 Å². The van der Waals surface area contributed by atoms with Crippen LogP contribution in [0, 0.1) is 0 Å².